The second kappa shape index (κ2) is 3.63. The van der Waals surface area contributed by atoms with Crippen LogP contribution in [0.2, 0.25) is 0 Å². The Balaban J connectivity index is 2.17. The second-order valence-corrected chi connectivity index (χ2v) is 3.49. The van der Waals surface area contributed by atoms with Crippen LogP contribution >= 0.6 is 22.9 Å². The van der Waals surface area contributed by atoms with Crippen molar-refractivity contribution in [3.8, 4) is 0 Å². The number of halogens is 1. The van der Waals surface area contributed by atoms with Crippen LogP contribution in [0.3, 0.4) is 0 Å². The zero-order valence-electron chi connectivity index (χ0n) is 4.94. The van der Waals surface area contributed by atoms with E-state index in [1.54, 1.807) is 0 Å². The van der Waals surface area contributed by atoms with Gasteiger partial charge in [-0.25, -0.2) is 3.11 Å². The highest BCUT2D eigenvalue weighted by Crippen LogP contribution is 1.98. The minimum Gasteiger partial charge on any atom is -0.345 e. The van der Waals surface area contributed by atoms with Gasteiger partial charge in [-0.3, -0.25) is 0 Å². The number of nitrogens with zero attached hydrogens (tertiary/aromatic N) is 1. The second-order valence-electron chi connectivity index (χ2n) is 2.13. The first kappa shape index (κ1) is 6.77. The first-order chi connectivity index (χ1) is 3.89. The third-order valence-corrected chi connectivity index (χ3v) is 2.35. The highest BCUT2D eigenvalue weighted by atomic mass is 127. The van der Waals surface area contributed by atoms with Gasteiger partial charge in [0.25, 0.3) is 0 Å². The van der Waals surface area contributed by atoms with Gasteiger partial charge in [0.05, 0.1) is 19.6 Å². The van der Waals surface area contributed by atoms with E-state index in [4.69, 9.17) is 0 Å². The highest BCUT2D eigenvalue weighted by molar-refractivity contribution is 14.1. The molecule has 0 saturated carbocycles. The highest BCUT2D eigenvalue weighted by Gasteiger charge is 2.05. The fourth-order valence-corrected chi connectivity index (χ4v) is 1.51. The lowest BCUT2D eigenvalue weighted by atomic mass is 10.4. The van der Waals surface area contributed by atoms with E-state index in [0.717, 1.165) is 0 Å². The smallest absolute Gasteiger partial charge is 0.0892 e. The fourth-order valence-electron chi connectivity index (χ4n) is 0.895. The maximum absolute atomic E-state index is 2.39. The Hall–Kier alpha value is 0.650. The number of quaternary nitrogens is 1. The summed E-state index contributed by atoms with van der Waals surface area (Å²) in [6.45, 7) is 5.13. The molecule has 2 N–H and O–H groups in total. The van der Waals surface area contributed by atoms with E-state index in [9.17, 15) is 0 Å². The number of nitrogens with two attached hydrogens (primary N) is 1. The third kappa shape index (κ3) is 2.28. The van der Waals surface area contributed by atoms with Crippen molar-refractivity contribution in [3.63, 3.8) is 0 Å². The summed E-state index contributed by atoms with van der Waals surface area (Å²) in [4.78, 5) is 0. The Bertz CT molecular complexity index is 59.4. The maximum Gasteiger partial charge on any atom is 0.0892 e. The Morgan fingerprint density at radius 1 is 1.25 bits per heavy atom. The summed E-state index contributed by atoms with van der Waals surface area (Å²) >= 11 is 2.39. The summed E-state index contributed by atoms with van der Waals surface area (Å²) in [5, 5.41) is 2.39. The van der Waals surface area contributed by atoms with Crippen molar-refractivity contribution < 1.29 is 5.32 Å². The standard InChI is InChI=1S/C5H11IN2/c6-8-4-1-2-7-3-5-8/h7H,1-5H2/p+1. The molecule has 0 atom stereocenters. The molecule has 1 rings (SSSR count). The lowest BCUT2D eigenvalue weighted by molar-refractivity contribution is -0.651. The molecule has 0 amide bonds. The molecule has 0 aromatic heterocycles. The third-order valence-electron chi connectivity index (χ3n) is 1.38. The minimum absolute atomic E-state index is 1.25. The molecule has 0 bridgehead atoms. The first-order valence-electron chi connectivity index (χ1n) is 3.12. The Morgan fingerprint density at radius 2 is 2.12 bits per heavy atom. The lowest BCUT2D eigenvalue weighted by Crippen LogP contribution is -2.84. The average molecular weight is 227 g/mol. The van der Waals surface area contributed by atoms with Crippen LogP contribution in [-0.4, -0.2) is 29.3 Å². The molecular formula is C5H12IN2+. The SMILES string of the molecule is IN1CCC[NH2+]CC1. The molecule has 0 radical (unpaired) electrons. The first-order valence-corrected chi connectivity index (χ1v) is 4.08. The van der Waals surface area contributed by atoms with Crippen LogP contribution in [0, 0.1) is 0 Å². The Morgan fingerprint density at radius 3 is 3.00 bits per heavy atom. The normalized spacial score (nSPS) is 25.1. The topological polar surface area (TPSA) is 19.9 Å². The summed E-state index contributed by atoms with van der Waals surface area (Å²) < 4.78 is 2.36. The van der Waals surface area contributed by atoms with Gasteiger partial charge >= 0.3 is 0 Å². The molecule has 1 saturated heterocycles. The Labute approximate surface area is 64.1 Å². The molecular weight excluding hydrogens is 215 g/mol. The van der Waals surface area contributed by atoms with Crippen molar-refractivity contribution in [1.82, 2.24) is 3.11 Å². The quantitative estimate of drug-likeness (QED) is 0.441. The summed E-state index contributed by atoms with van der Waals surface area (Å²) in [5.41, 5.74) is 0. The predicted molar refractivity (Wildman–Crippen MR) is 41.9 cm³/mol. The number of hydrogen-bond donors (Lipinski definition) is 1. The van der Waals surface area contributed by atoms with Crippen LogP contribution in [-0.2, 0) is 0 Å². The molecule has 0 unspecified atom stereocenters. The van der Waals surface area contributed by atoms with Crippen molar-refractivity contribution in [2.45, 2.75) is 6.42 Å². The van der Waals surface area contributed by atoms with E-state index in [1.165, 1.54) is 32.6 Å². The van der Waals surface area contributed by atoms with Crippen molar-refractivity contribution >= 4 is 22.9 Å². The van der Waals surface area contributed by atoms with Crippen LogP contribution < -0.4 is 5.32 Å². The molecule has 2 nitrogen and oxygen atoms in total. The molecule has 0 aromatic rings. The van der Waals surface area contributed by atoms with Gasteiger partial charge in [0, 0.05) is 35.8 Å². The van der Waals surface area contributed by atoms with Gasteiger partial charge in [-0.05, 0) is 0 Å². The zero-order chi connectivity index (χ0) is 5.82. The van der Waals surface area contributed by atoms with Crippen LogP contribution in [0.25, 0.3) is 0 Å². The van der Waals surface area contributed by atoms with Gasteiger partial charge in [-0.1, -0.05) is 0 Å². The van der Waals surface area contributed by atoms with E-state index in [0.29, 0.717) is 0 Å². The number of hydrogen-bond acceptors (Lipinski definition) is 1. The maximum atomic E-state index is 2.39. The number of rotatable bonds is 0. The molecule has 0 aromatic carbocycles. The molecule has 3 heteroatoms. The summed E-state index contributed by atoms with van der Waals surface area (Å²) in [6.07, 6.45) is 1.35. The van der Waals surface area contributed by atoms with Gasteiger partial charge in [-0.2, -0.15) is 0 Å². The Kier molecular flexibility index (Phi) is 3.07. The van der Waals surface area contributed by atoms with E-state index < -0.39 is 0 Å². The molecule has 1 aliphatic heterocycles. The van der Waals surface area contributed by atoms with Gasteiger partial charge in [0.2, 0.25) is 0 Å². The van der Waals surface area contributed by atoms with E-state index >= 15 is 0 Å². The van der Waals surface area contributed by atoms with E-state index in [2.05, 4.69) is 31.3 Å². The predicted octanol–water partition coefficient (Wildman–Crippen LogP) is -0.394. The van der Waals surface area contributed by atoms with E-state index in [-0.39, 0.29) is 0 Å². The average Bonchev–Trinajstić information content (AvgIpc) is 1.94. The largest absolute Gasteiger partial charge is 0.345 e. The minimum atomic E-state index is 1.25. The molecule has 1 heterocycles. The van der Waals surface area contributed by atoms with Gasteiger partial charge in [-0.15, -0.1) is 0 Å². The van der Waals surface area contributed by atoms with Crippen molar-refractivity contribution in [2.24, 2.45) is 0 Å². The molecule has 1 aliphatic rings. The van der Waals surface area contributed by atoms with Gasteiger partial charge in [0.15, 0.2) is 0 Å². The van der Waals surface area contributed by atoms with Gasteiger partial charge in [0.1, 0.15) is 0 Å². The monoisotopic (exact) mass is 227 g/mol. The zero-order valence-corrected chi connectivity index (χ0v) is 7.10. The van der Waals surface area contributed by atoms with Crippen molar-refractivity contribution in [3.05, 3.63) is 0 Å². The summed E-state index contributed by atoms with van der Waals surface area (Å²) in [7, 11) is 0. The lowest BCUT2D eigenvalue weighted by Gasteiger charge is -2.05. The van der Waals surface area contributed by atoms with Crippen LogP contribution in [0.4, 0.5) is 0 Å². The molecule has 48 valence electrons. The summed E-state index contributed by atoms with van der Waals surface area (Å²) in [5.74, 6) is 0. The molecule has 0 aliphatic carbocycles. The summed E-state index contributed by atoms with van der Waals surface area (Å²) in [6, 6.07) is 0. The van der Waals surface area contributed by atoms with Crippen molar-refractivity contribution in [2.75, 3.05) is 26.2 Å². The molecule has 8 heavy (non-hydrogen) atoms. The van der Waals surface area contributed by atoms with Gasteiger partial charge < -0.3 is 5.32 Å². The van der Waals surface area contributed by atoms with Crippen LogP contribution in [0.15, 0.2) is 0 Å². The van der Waals surface area contributed by atoms with Crippen LogP contribution in [0.5, 0.6) is 0 Å². The van der Waals surface area contributed by atoms with E-state index in [1.807, 2.05) is 0 Å². The van der Waals surface area contributed by atoms with Crippen molar-refractivity contribution in [1.29, 1.82) is 0 Å². The fraction of sp³-hybridized carbons (Fsp3) is 1.00. The molecule has 0 spiro atoms. The van der Waals surface area contributed by atoms with Crippen LogP contribution in [0.1, 0.15) is 6.42 Å². The molecule has 1 fully saturated rings.